The number of hydrogen-bond acceptors (Lipinski definition) is 1. The summed E-state index contributed by atoms with van der Waals surface area (Å²) in [6.07, 6.45) is 0.991. The van der Waals surface area contributed by atoms with Crippen LogP contribution in [0.2, 0.25) is 0 Å². The SMILES string of the molecule is CC1CCN(C(=O)C(C)(C)c2ccccc2)CC1Cl. The zero-order valence-corrected chi connectivity index (χ0v) is 12.7. The quantitative estimate of drug-likeness (QED) is 0.760. The Labute approximate surface area is 120 Å². The highest BCUT2D eigenvalue weighted by molar-refractivity contribution is 6.21. The van der Waals surface area contributed by atoms with E-state index in [-0.39, 0.29) is 11.3 Å². The number of carbonyl (C=O) groups excluding carboxylic acids is 1. The molecule has 19 heavy (non-hydrogen) atoms. The molecule has 0 N–H and O–H groups in total. The standard InChI is InChI=1S/C16H22ClNO/c1-12-9-10-18(11-14(12)17)15(19)16(2,3)13-7-5-4-6-8-13/h4-8,12,14H,9-11H2,1-3H3. The van der Waals surface area contributed by atoms with Crippen LogP contribution in [0.15, 0.2) is 30.3 Å². The third-order valence-electron chi connectivity index (χ3n) is 4.18. The van der Waals surface area contributed by atoms with Gasteiger partial charge in [0.2, 0.25) is 5.91 Å². The molecule has 0 saturated carbocycles. The second kappa shape index (κ2) is 5.54. The number of piperidine rings is 1. The Kier molecular flexibility index (Phi) is 4.19. The van der Waals surface area contributed by atoms with Crippen LogP contribution in [0.3, 0.4) is 0 Å². The monoisotopic (exact) mass is 279 g/mol. The van der Waals surface area contributed by atoms with E-state index in [1.807, 2.05) is 49.1 Å². The molecular weight excluding hydrogens is 258 g/mol. The Morgan fingerprint density at radius 1 is 1.32 bits per heavy atom. The van der Waals surface area contributed by atoms with Crippen molar-refractivity contribution in [2.75, 3.05) is 13.1 Å². The van der Waals surface area contributed by atoms with Crippen molar-refractivity contribution in [2.24, 2.45) is 5.92 Å². The number of benzene rings is 1. The highest BCUT2D eigenvalue weighted by Gasteiger charge is 2.36. The number of halogens is 1. The van der Waals surface area contributed by atoms with Gasteiger partial charge >= 0.3 is 0 Å². The molecule has 1 aromatic carbocycles. The molecule has 1 aliphatic rings. The van der Waals surface area contributed by atoms with Gasteiger partial charge in [0, 0.05) is 13.1 Å². The molecule has 0 radical (unpaired) electrons. The zero-order valence-electron chi connectivity index (χ0n) is 11.9. The summed E-state index contributed by atoms with van der Waals surface area (Å²) < 4.78 is 0. The fraction of sp³-hybridized carbons (Fsp3) is 0.562. The molecule has 1 fully saturated rings. The fourth-order valence-electron chi connectivity index (χ4n) is 2.58. The van der Waals surface area contributed by atoms with E-state index in [1.54, 1.807) is 0 Å². The molecule has 3 heteroatoms. The van der Waals surface area contributed by atoms with Crippen molar-refractivity contribution in [1.82, 2.24) is 4.90 Å². The molecule has 2 nitrogen and oxygen atoms in total. The molecule has 2 unspecified atom stereocenters. The molecule has 1 aliphatic heterocycles. The van der Waals surface area contributed by atoms with E-state index in [2.05, 4.69) is 6.92 Å². The van der Waals surface area contributed by atoms with Gasteiger partial charge in [-0.15, -0.1) is 11.6 Å². The maximum atomic E-state index is 12.7. The number of carbonyl (C=O) groups is 1. The first kappa shape index (κ1) is 14.4. The van der Waals surface area contributed by atoms with Gasteiger partial charge in [-0.1, -0.05) is 37.3 Å². The summed E-state index contributed by atoms with van der Waals surface area (Å²) in [4.78, 5) is 14.7. The van der Waals surface area contributed by atoms with Crippen LogP contribution in [0, 0.1) is 5.92 Å². The topological polar surface area (TPSA) is 20.3 Å². The van der Waals surface area contributed by atoms with Gasteiger partial charge in [0.1, 0.15) is 0 Å². The van der Waals surface area contributed by atoms with Gasteiger partial charge in [-0.3, -0.25) is 4.79 Å². The summed E-state index contributed by atoms with van der Waals surface area (Å²) in [5, 5.41) is 0.0734. The van der Waals surface area contributed by atoms with E-state index in [0.29, 0.717) is 12.5 Å². The Bertz CT molecular complexity index is 443. The smallest absolute Gasteiger partial charge is 0.232 e. The number of likely N-dealkylation sites (tertiary alicyclic amines) is 1. The Morgan fingerprint density at radius 2 is 1.95 bits per heavy atom. The van der Waals surface area contributed by atoms with Crippen molar-refractivity contribution in [1.29, 1.82) is 0 Å². The first-order valence-electron chi connectivity index (χ1n) is 6.92. The van der Waals surface area contributed by atoms with Crippen LogP contribution >= 0.6 is 11.6 Å². The largest absolute Gasteiger partial charge is 0.340 e. The lowest BCUT2D eigenvalue weighted by Gasteiger charge is -2.38. The zero-order chi connectivity index (χ0) is 14.0. The van der Waals surface area contributed by atoms with E-state index in [0.717, 1.165) is 18.5 Å². The molecule has 0 spiro atoms. The number of hydrogen-bond donors (Lipinski definition) is 0. The van der Waals surface area contributed by atoms with E-state index in [9.17, 15) is 4.79 Å². The molecule has 1 saturated heterocycles. The molecule has 2 atom stereocenters. The third kappa shape index (κ3) is 2.94. The lowest BCUT2D eigenvalue weighted by Crippen LogP contribution is -2.50. The van der Waals surface area contributed by atoms with Crippen LogP contribution in [0.25, 0.3) is 0 Å². The van der Waals surface area contributed by atoms with E-state index in [1.165, 1.54) is 0 Å². The third-order valence-corrected chi connectivity index (χ3v) is 4.75. The fourth-order valence-corrected chi connectivity index (χ4v) is 2.87. The van der Waals surface area contributed by atoms with E-state index in [4.69, 9.17) is 11.6 Å². The second-order valence-corrected chi connectivity index (χ2v) is 6.58. The number of rotatable bonds is 2. The highest BCUT2D eigenvalue weighted by atomic mass is 35.5. The van der Waals surface area contributed by atoms with Crippen molar-refractivity contribution in [3.63, 3.8) is 0 Å². The summed E-state index contributed by atoms with van der Waals surface area (Å²) >= 11 is 6.31. The van der Waals surface area contributed by atoms with Crippen LogP contribution < -0.4 is 0 Å². The molecule has 104 valence electrons. The Balaban J connectivity index is 2.15. The van der Waals surface area contributed by atoms with Crippen LogP contribution in [0.4, 0.5) is 0 Å². The molecule has 1 heterocycles. The Hall–Kier alpha value is -1.02. The minimum Gasteiger partial charge on any atom is -0.340 e. The minimum atomic E-state index is -0.488. The molecule has 2 rings (SSSR count). The van der Waals surface area contributed by atoms with Crippen molar-refractivity contribution in [3.05, 3.63) is 35.9 Å². The van der Waals surface area contributed by atoms with Crippen LogP contribution in [0.5, 0.6) is 0 Å². The lowest BCUT2D eigenvalue weighted by molar-refractivity contribution is -0.137. The number of amides is 1. The van der Waals surface area contributed by atoms with Crippen LogP contribution in [0.1, 0.15) is 32.8 Å². The summed E-state index contributed by atoms with van der Waals surface area (Å²) in [7, 11) is 0. The molecular formula is C16H22ClNO. The van der Waals surface area contributed by atoms with Crippen molar-refractivity contribution >= 4 is 17.5 Å². The lowest BCUT2D eigenvalue weighted by atomic mass is 9.82. The minimum absolute atomic E-state index is 0.0734. The summed E-state index contributed by atoms with van der Waals surface area (Å²) in [5.41, 5.74) is 0.572. The van der Waals surface area contributed by atoms with E-state index < -0.39 is 5.41 Å². The van der Waals surface area contributed by atoms with Gasteiger partial charge in [-0.05, 0) is 31.7 Å². The van der Waals surface area contributed by atoms with Crippen LogP contribution in [-0.4, -0.2) is 29.3 Å². The summed E-state index contributed by atoms with van der Waals surface area (Å²) in [6, 6.07) is 9.96. The van der Waals surface area contributed by atoms with Gasteiger partial charge < -0.3 is 4.90 Å². The van der Waals surface area contributed by atoms with Crippen molar-refractivity contribution in [2.45, 2.75) is 38.0 Å². The average Bonchev–Trinajstić information content (AvgIpc) is 2.42. The van der Waals surface area contributed by atoms with E-state index >= 15 is 0 Å². The number of nitrogens with zero attached hydrogens (tertiary/aromatic N) is 1. The average molecular weight is 280 g/mol. The molecule has 1 amide bonds. The normalized spacial score (nSPS) is 24.3. The van der Waals surface area contributed by atoms with Crippen molar-refractivity contribution < 1.29 is 4.79 Å². The summed E-state index contributed by atoms with van der Waals surface area (Å²) in [6.45, 7) is 7.62. The van der Waals surface area contributed by atoms with Gasteiger partial charge in [-0.2, -0.15) is 0 Å². The van der Waals surface area contributed by atoms with Crippen LogP contribution in [-0.2, 0) is 10.2 Å². The van der Waals surface area contributed by atoms with Crippen molar-refractivity contribution in [3.8, 4) is 0 Å². The highest BCUT2D eigenvalue weighted by Crippen LogP contribution is 2.29. The Morgan fingerprint density at radius 3 is 2.53 bits per heavy atom. The summed E-state index contributed by atoms with van der Waals surface area (Å²) in [5.74, 6) is 0.668. The maximum Gasteiger partial charge on any atom is 0.232 e. The predicted molar refractivity (Wildman–Crippen MR) is 79.5 cm³/mol. The first-order valence-corrected chi connectivity index (χ1v) is 7.35. The van der Waals surface area contributed by atoms with Gasteiger partial charge in [0.15, 0.2) is 0 Å². The molecule has 0 aliphatic carbocycles. The predicted octanol–water partition coefficient (Wildman–Crippen LogP) is 3.44. The molecule has 0 aromatic heterocycles. The second-order valence-electron chi connectivity index (χ2n) is 6.02. The maximum absolute atomic E-state index is 12.7. The van der Waals surface area contributed by atoms with Gasteiger partial charge in [0.25, 0.3) is 0 Å². The molecule has 1 aromatic rings. The molecule has 0 bridgehead atoms. The van der Waals surface area contributed by atoms with Gasteiger partial charge in [0.05, 0.1) is 10.8 Å². The number of alkyl halides is 1. The van der Waals surface area contributed by atoms with Gasteiger partial charge in [-0.25, -0.2) is 0 Å². The first-order chi connectivity index (χ1) is 8.93.